The molecule has 0 aliphatic rings. The van der Waals surface area contributed by atoms with Gasteiger partial charge in [0.05, 0.1) is 19.3 Å². The topological polar surface area (TPSA) is 44.8 Å². The number of rotatable bonds is 18. The van der Waals surface area contributed by atoms with E-state index in [-0.39, 0.29) is 33.8 Å². The lowest BCUT2D eigenvalue weighted by atomic mass is 10.0. The molecule has 0 N–H and O–H groups in total. The van der Waals surface area contributed by atoms with Gasteiger partial charge < -0.3 is 13.6 Å². The van der Waals surface area contributed by atoms with Gasteiger partial charge in [-0.3, -0.25) is 4.79 Å². The minimum Gasteiger partial charge on any atom is -0.479 e. The van der Waals surface area contributed by atoms with Crippen LogP contribution in [0.1, 0.15) is 113 Å². The first-order valence-electron chi connectivity index (χ1n) is 14.5. The Bertz CT molecular complexity index is 670. The molecule has 8 heteroatoms. The zero-order valence-corrected chi connectivity index (χ0v) is 30.0. The molecule has 37 heavy (non-hydrogen) atoms. The van der Waals surface area contributed by atoms with Crippen LogP contribution in [0.3, 0.4) is 0 Å². The highest BCUT2D eigenvalue weighted by Crippen LogP contribution is 2.40. The number of thiocarbonyl (C=S) groups is 1. The summed E-state index contributed by atoms with van der Waals surface area (Å²) in [7, 11) is -3.80. The number of ether oxygens (including phenoxy) is 1. The molecule has 0 saturated heterocycles. The lowest BCUT2D eigenvalue weighted by Gasteiger charge is -2.41. The van der Waals surface area contributed by atoms with Crippen molar-refractivity contribution in [1.29, 1.82) is 0 Å². The first-order chi connectivity index (χ1) is 16.9. The Labute approximate surface area is 242 Å². The zero-order chi connectivity index (χ0) is 28.9. The summed E-state index contributed by atoms with van der Waals surface area (Å²) in [5.74, 6) is 0.229. The Morgan fingerprint density at radius 1 is 0.838 bits per heavy atom. The molecular formula is C29H60O4S2Si2. The van der Waals surface area contributed by atoms with E-state index in [0.717, 1.165) is 32.1 Å². The first-order valence-corrected chi connectivity index (χ1v) is 21.6. The summed E-state index contributed by atoms with van der Waals surface area (Å²) in [6, 6.07) is 0. The maximum atomic E-state index is 12.5. The number of thioether (sulfide) groups is 1. The van der Waals surface area contributed by atoms with Gasteiger partial charge in [-0.05, 0) is 74.7 Å². The molecule has 0 bridgehead atoms. The van der Waals surface area contributed by atoms with E-state index in [1.165, 1.54) is 19.3 Å². The van der Waals surface area contributed by atoms with Gasteiger partial charge in [0.25, 0.3) is 0 Å². The molecule has 0 fully saturated rings. The molecule has 0 amide bonds. The monoisotopic (exact) mass is 592 g/mol. The Morgan fingerprint density at radius 3 is 1.92 bits per heavy atom. The lowest BCUT2D eigenvalue weighted by Crippen LogP contribution is -2.46. The van der Waals surface area contributed by atoms with Gasteiger partial charge in [-0.1, -0.05) is 92.3 Å². The molecule has 4 nitrogen and oxygen atoms in total. The SMILES string of the molecule is CCCCCC(O[Si](C)(C)C(C)(C)C)C(CCCCCC(=O)CO[Si](C)(C)C(C)(C)C)SC(=S)OCC. The Kier molecular flexibility index (Phi) is 17.3. The number of ketones is 1. The van der Waals surface area contributed by atoms with Gasteiger partial charge in [-0.15, -0.1) is 0 Å². The molecule has 2 atom stereocenters. The van der Waals surface area contributed by atoms with Crippen LogP contribution in [-0.4, -0.2) is 51.4 Å². The summed E-state index contributed by atoms with van der Waals surface area (Å²) in [5, 5.41) is 0.573. The number of hydrogen-bond acceptors (Lipinski definition) is 6. The van der Waals surface area contributed by atoms with Crippen LogP contribution >= 0.6 is 24.0 Å². The smallest absolute Gasteiger partial charge is 0.220 e. The Morgan fingerprint density at radius 2 is 1.41 bits per heavy atom. The van der Waals surface area contributed by atoms with Crippen LogP contribution in [0.4, 0.5) is 0 Å². The van der Waals surface area contributed by atoms with Crippen LogP contribution in [0.5, 0.6) is 0 Å². The molecule has 0 aromatic carbocycles. The van der Waals surface area contributed by atoms with Crippen molar-refractivity contribution >= 4 is 50.8 Å². The largest absolute Gasteiger partial charge is 0.479 e. The second-order valence-corrected chi connectivity index (χ2v) is 24.8. The molecule has 0 aromatic heterocycles. The minimum absolute atomic E-state index is 0.127. The quantitative estimate of drug-likeness (QED) is 0.0896. The summed E-state index contributed by atoms with van der Waals surface area (Å²) in [4.78, 5) is 12.5. The van der Waals surface area contributed by atoms with E-state index in [0.29, 0.717) is 17.4 Å². The van der Waals surface area contributed by atoms with Crippen molar-refractivity contribution in [3.63, 3.8) is 0 Å². The van der Waals surface area contributed by atoms with Gasteiger partial charge in [0.2, 0.25) is 4.38 Å². The number of carbonyl (C=O) groups excluding carboxylic acids is 1. The second-order valence-electron chi connectivity index (χ2n) is 13.4. The number of carbonyl (C=O) groups is 1. The molecule has 0 saturated carbocycles. The van der Waals surface area contributed by atoms with E-state index < -0.39 is 16.6 Å². The van der Waals surface area contributed by atoms with E-state index in [4.69, 9.17) is 25.8 Å². The molecule has 0 radical (unpaired) electrons. The molecule has 0 aliphatic heterocycles. The molecule has 0 aromatic rings. The van der Waals surface area contributed by atoms with Gasteiger partial charge in [0, 0.05) is 11.7 Å². The standard InChI is InChI=1S/C29H60O4S2Si2/c1-13-15-17-21-25(33-37(11,12)29(6,7)8)26(35-27(34)31-14-2)22-19-16-18-20-24(30)23-32-36(9,10)28(3,4)5/h25-26H,13-23H2,1-12H3. The Hall–Kier alpha value is 0.264. The molecule has 2 unspecified atom stereocenters. The zero-order valence-electron chi connectivity index (χ0n) is 26.4. The molecule has 0 spiro atoms. The van der Waals surface area contributed by atoms with E-state index in [1.807, 2.05) is 6.92 Å². The van der Waals surface area contributed by atoms with Gasteiger partial charge in [0.1, 0.15) is 0 Å². The summed E-state index contributed by atoms with van der Waals surface area (Å²) in [6.07, 6.45) is 9.49. The fourth-order valence-electron chi connectivity index (χ4n) is 3.46. The van der Waals surface area contributed by atoms with Crippen LogP contribution in [0.25, 0.3) is 0 Å². The maximum Gasteiger partial charge on any atom is 0.220 e. The summed E-state index contributed by atoms with van der Waals surface area (Å²) >= 11 is 7.25. The second kappa shape index (κ2) is 17.2. The molecule has 220 valence electrons. The van der Waals surface area contributed by atoms with E-state index >= 15 is 0 Å². The molecule has 0 rings (SSSR count). The number of unbranched alkanes of at least 4 members (excludes halogenated alkanes) is 4. The van der Waals surface area contributed by atoms with Crippen LogP contribution in [0.2, 0.25) is 36.3 Å². The van der Waals surface area contributed by atoms with E-state index in [2.05, 4.69) is 74.7 Å². The van der Waals surface area contributed by atoms with Crippen molar-refractivity contribution in [2.45, 2.75) is 161 Å². The van der Waals surface area contributed by atoms with Crippen molar-refractivity contribution in [3.8, 4) is 0 Å². The fraction of sp³-hybridized carbons (Fsp3) is 0.931. The average Bonchev–Trinajstić information content (AvgIpc) is 2.74. The first kappa shape index (κ1) is 37.3. The van der Waals surface area contributed by atoms with Crippen molar-refractivity contribution in [2.24, 2.45) is 0 Å². The molecule has 0 heterocycles. The Balaban J connectivity index is 5.11. The van der Waals surface area contributed by atoms with Crippen molar-refractivity contribution in [2.75, 3.05) is 13.2 Å². The van der Waals surface area contributed by atoms with Crippen LogP contribution in [-0.2, 0) is 18.4 Å². The predicted octanol–water partition coefficient (Wildman–Crippen LogP) is 9.92. The molecule has 0 aliphatic carbocycles. The van der Waals surface area contributed by atoms with Gasteiger partial charge in [-0.2, -0.15) is 0 Å². The minimum atomic E-state index is -1.92. The highest BCUT2D eigenvalue weighted by atomic mass is 32.2. The van der Waals surface area contributed by atoms with Crippen molar-refractivity contribution in [1.82, 2.24) is 0 Å². The summed E-state index contributed by atoms with van der Waals surface area (Å²) in [5.41, 5.74) is 0. The lowest BCUT2D eigenvalue weighted by molar-refractivity contribution is -0.121. The van der Waals surface area contributed by atoms with Crippen molar-refractivity contribution in [3.05, 3.63) is 0 Å². The van der Waals surface area contributed by atoms with Crippen LogP contribution in [0, 0.1) is 0 Å². The normalized spacial score (nSPS) is 14.9. The third-order valence-electron chi connectivity index (χ3n) is 8.11. The maximum absolute atomic E-state index is 12.5. The highest BCUT2D eigenvalue weighted by molar-refractivity contribution is 8.23. The highest BCUT2D eigenvalue weighted by Gasteiger charge is 2.41. The van der Waals surface area contributed by atoms with Crippen molar-refractivity contribution < 1.29 is 18.4 Å². The number of Topliss-reactive ketones (excluding diaryl/α,β-unsaturated/α-hetero) is 1. The van der Waals surface area contributed by atoms with E-state index in [1.54, 1.807) is 11.8 Å². The van der Waals surface area contributed by atoms with Gasteiger partial charge in [0.15, 0.2) is 22.4 Å². The summed E-state index contributed by atoms with van der Waals surface area (Å²) < 4.78 is 19.4. The average molecular weight is 593 g/mol. The predicted molar refractivity (Wildman–Crippen MR) is 173 cm³/mol. The summed E-state index contributed by atoms with van der Waals surface area (Å²) in [6.45, 7) is 27.7. The fourth-order valence-corrected chi connectivity index (χ4v) is 7.46. The molecular weight excluding hydrogens is 533 g/mol. The van der Waals surface area contributed by atoms with Crippen LogP contribution in [0.15, 0.2) is 0 Å². The van der Waals surface area contributed by atoms with Gasteiger partial charge in [-0.25, -0.2) is 0 Å². The van der Waals surface area contributed by atoms with Crippen LogP contribution < -0.4 is 0 Å². The third kappa shape index (κ3) is 15.0. The van der Waals surface area contributed by atoms with E-state index in [9.17, 15) is 4.79 Å². The third-order valence-corrected chi connectivity index (χ3v) is 18.7. The number of hydrogen-bond donors (Lipinski definition) is 0. The van der Waals surface area contributed by atoms with Gasteiger partial charge >= 0.3 is 0 Å².